The fourth-order valence-corrected chi connectivity index (χ4v) is 8.78. The second-order valence-electron chi connectivity index (χ2n) is 15.2. The number of benzene rings is 8. The summed E-state index contributed by atoms with van der Waals surface area (Å²) in [6.07, 6.45) is 0. The van der Waals surface area contributed by atoms with Gasteiger partial charge in [-0.2, -0.15) is 5.26 Å². The van der Waals surface area contributed by atoms with E-state index in [0.717, 1.165) is 77.4 Å². The molecule has 60 heavy (non-hydrogen) atoms. The molecule has 282 valence electrons. The molecule has 0 atom stereocenters. The van der Waals surface area contributed by atoms with Crippen molar-refractivity contribution in [2.75, 3.05) is 4.90 Å². The number of imide groups is 1. The van der Waals surface area contributed by atoms with Crippen LogP contribution < -0.4 is 4.90 Å². The zero-order valence-corrected chi connectivity index (χ0v) is 32.8. The monoisotopic (exact) mass is 770 g/mol. The number of fused-ring (bicyclic) bond motifs is 4. The maximum Gasteiger partial charge on any atom is 0.268 e. The molecule has 6 heteroatoms. The van der Waals surface area contributed by atoms with E-state index in [-0.39, 0.29) is 11.8 Å². The average molecular weight is 771 g/mol. The van der Waals surface area contributed by atoms with E-state index in [0.29, 0.717) is 33.8 Å². The van der Waals surface area contributed by atoms with E-state index in [1.807, 2.05) is 135 Å². The van der Waals surface area contributed by atoms with E-state index in [4.69, 9.17) is 6.57 Å². The van der Waals surface area contributed by atoms with Gasteiger partial charge < -0.3 is 4.57 Å². The minimum absolute atomic E-state index is 0.342. The lowest BCUT2D eigenvalue weighted by atomic mass is 9.96. The SMILES string of the molecule is [C-]#[N+]c1ccc(-c2ccc3c(c2)c2cc(-c4ccc(C#N)cc4C)ccc2n3-c2cccc3c2C(=O)N(c2ccc(-c4ccccc4)cc2-c2ccccc2)C3=O)c(C)c1. The van der Waals surface area contributed by atoms with Gasteiger partial charge in [-0.25, -0.2) is 9.74 Å². The van der Waals surface area contributed by atoms with Gasteiger partial charge in [0.05, 0.1) is 51.7 Å². The molecule has 0 bridgehead atoms. The van der Waals surface area contributed by atoms with E-state index in [1.165, 1.54) is 4.90 Å². The molecule has 1 aliphatic heterocycles. The van der Waals surface area contributed by atoms with Crippen LogP contribution in [0.1, 0.15) is 37.4 Å². The standard InChI is InChI=1S/C54H34N4O2/c1-33-27-35(32-55)17-22-42(33)39-19-25-49-46(30-39)47-31-40(43-23-21-41(56-3)28-34(43)2)20-26-50(47)57(49)51-16-10-15-44-52(51)54(60)58(53(44)59)48-24-18-38(36-11-6-4-7-12-36)29-45(48)37-13-8-5-9-14-37/h4-31H,1-2H3. The topological polar surface area (TPSA) is 70.5 Å². The lowest BCUT2D eigenvalue weighted by Gasteiger charge is -2.20. The van der Waals surface area contributed by atoms with Gasteiger partial charge in [-0.1, -0.05) is 115 Å². The first-order valence-electron chi connectivity index (χ1n) is 19.7. The summed E-state index contributed by atoms with van der Waals surface area (Å²) in [6, 6.07) is 57.7. The maximum atomic E-state index is 15.0. The zero-order chi connectivity index (χ0) is 41.1. The zero-order valence-electron chi connectivity index (χ0n) is 32.8. The Kier molecular flexibility index (Phi) is 8.56. The maximum absolute atomic E-state index is 15.0. The molecule has 0 N–H and O–H groups in total. The predicted octanol–water partition coefficient (Wildman–Crippen LogP) is 13.3. The van der Waals surface area contributed by atoms with E-state index >= 15 is 4.79 Å². The Hall–Kier alpha value is -8.32. The molecule has 0 saturated heterocycles. The van der Waals surface area contributed by atoms with E-state index in [2.05, 4.69) is 57.9 Å². The first kappa shape index (κ1) is 36.0. The van der Waals surface area contributed by atoms with Gasteiger partial charge in [0.25, 0.3) is 11.8 Å². The smallest absolute Gasteiger partial charge is 0.268 e. The van der Waals surface area contributed by atoms with Gasteiger partial charge in [0.15, 0.2) is 5.69 Å². The highest BCUT2D eigenvalue weighted by molar-refractivity contribution is 6.36. The molecular formula is C54H34N4O2. The summed E-state index contributed by atoms with van der Waals surface area (Å²) in [5, 5.41) is 11.5. The number of carbonyl (C=O) groups excluding carboxylic acids is 2. The molecule has 2 amide bonds. The number of aryl methyl sites for hydroxylation is 2. The molecule has 0 saturated carbocycles. The Morgan fingerprint density at radius 3 is 1.73 bits per heavy atom. The molecule has 2 heterocycles. The van der Waals surface area contributed by atoms with Crippen LogP contribution in [-0.4, -0.2) is 16.4 Å². The number of nitrogens with zero attached hydrogens (tertiary/aromatic N) is 4. The van der Waals surface area contributed by atoms with Crippen LogP contribution in [0, 0.1) is 31.8 Å². The highest BCUT2D eigenvalue weighted by Crippen LogP contribution is 2.43. The summed E-state index contributed by atoms with van der Waals surface area (Å²) >= 11 is 0. The second kappa shape index (κ2) is 14.3. The van der Waals surface area contributed by atoms with Crippen molar-refractivity contribution in [3.63, 3.8) is 0 Å². The van der Waals surface area contributed by atoms with Crippen LogP contribution in [-0.2, 0) is 0 Å². The van der Waals surface area contributed by atoms with Crippen LogP contribution >= 0.6 is 0 Å². The van der Waals surface area contributed by atoms with Crippen molar-refractivity contribution in [1.82, 2.24) is 4.57 Å². The molecule has 8 aromatic carbocycles. The molecular weight excluding hydrogens is 737 g/mol. The molecule has 0 radical (unpaired) electrons. The minimum atomic E-state index is -0.387. The third-order valence-electron chi connectivity index (χ3n) is 11.6. The fourth-order valence-electron chi connectivity index (χ4n) is 8.78. The number of anilines is 1. The van der Waals surface area contributed by atoms with Crippen LogP contribution in [0.3, 0.4) is 0 Å². The lowest BCUT2D eigenvalue weighted by Crippen LogP contribution is -2.30. The van der Waals surface area contributed by atoms with Crippen LogP contribution in [0.4, 0.5) is 11.4 Å². The van der Waals surface area contributed by atoms with E-state index in [1.54, 1.807) is 6.07 Å². The number of rotatable bonds is 6. The lowest BCUT2D eigenvalue weighted by molar-refractivity contribution is 0.0926. The molecule has 1 aliphatic rings. The Morgan fingerprint density at radius 1 is 0.500 bits per heavy atom. The molecule has 0 aliphatic carbocycles. The van der Waals surface area contributed by atoms with Crippen molar-refractivity contribution in [1.29, 1.82) is 5.26 Å². The van der Waals surface area contributed by atoms with Crippen LogP contribution in [0.2, 0.25) is 0 Å². The second-order valence-corrected chi connectivity index (χ2v) is 15.2. The third-order valence-corrected chi connectivity index (χ3v) is 11.6. The molecule has 0 unspecified atom stereocenters. The number of hydrogen-bond acceptors (Lipinski definition) is 3. The first-order chi connectivity index (χ1) is 29.3. The number of carbonyl (C=O) groups is 2. The summed E-state index contributed by atoms with van der Waals surface area (Å²) < 4.78 is 2.10. The molecule has 1 aromatic heterocycles. The van der Waals surface area contributed by atoms with Gasteiger partial charge in [0, 0.05) is 16.3 Å². The summed E-state index contributed by atoms with van der Waals surface area (Å²) in [6.45, 7) is 11.5. The minimum Gasteiger partial charge on any atom is -0.308 e. The van der Waals surface area contributed by atoms with Crippen molar-refractivity contribution < 1.29 is 9.59 Å². The van der Waals surface area contributed by atoms with Gasteiger partial charge in [-0.15, -0.1) is 0 Å². The molecule has 9 aromatic rings. The summed E-state index contributed by atoms with van der Waals surface area (Å²) in [5.41, 5.74) is 14.5. The first-order valence-corrected chi connectivity index (χ1v) is 19.7. The van der Waals surface area contributed by atoms with Crippen LogP contribution in [0.15, 0.2) is 170 Å². The third kappa shape index (κ3) is 5.78. The van der Waals surface area contributed by atoms with Gasteiger partial charge in [0.1, 0.15) is 0 Å². The van der Waals surface area contributed by atoms with Crippen molar-refractivity contribution in [2.24, 2.45) is 0 Å². The van der Waals surface area contributed by atoms with Gasteiger partial charge >= 0.3 is 0 Å². The van der Waals surface area contributed by atoms with Crippen molar-refractivity contribution in [3.05, 3.63) is 209 Å². The van der Waals surface area contributed by atoms with Gasteiger partial charge in [-0.05, 0) is 119 Å². The van der Waals surface area contributed by atoms with Crippen molar-refractivity contribution in [2.45, 2.75) is 13.8 Å². The van der Waals surface area contributed by atoms with Crippen LogP contribution in [0.5, 0.6) is 0 Å². The molecule has 0 fully saturated rings. The Balaban J connectivity index is 1.17. The number of nitriles is 1. The van der Waals surface area contributed by atoms with Gasteiger partial charge in [0.2, 0.25) is 0 Å². The van der Waals surface area contributed by atoms with Crippen molar-refractivity contribution >= 4 is 45.0 Å². The normalized spacial score (nSPS) is 12.2. The Bertz CT molecular complexity index is 3230. The molecule has 6 nitrogen and oxygen atoms in total. The molecule has 10 rings (SSSR count). The largest absolute Gasteiger partial charge is 0.308 e. The highest BCUT2D eigenvalue weighted by Gasteiger charge is 2.40. The van der Waals surface area contributed by atoms with Gasteiger partial charge in [-0.3, -0.25) is 9.59 Å². The van der Waals surface area contributed by atoms with E-state index in [9.17, 15) is 10.1 Å². The van der Waals surface area contributed by atoms with Crippen LogP contribution in [0.25, 0.3) is 76.8 Å². The predicted molar refractivity (Wildman–Crippen MR) is 241 cm³/mol. The van der Waals surface area contributed by atoms with Crippen molar-refractivity contribution in [3.8, 4) is 56.3 Å². The summed E-state index contributed by atoms with van der Waals surface area (Å²) in [5.74, 6) is -0.760. The highest BCUT2D eigenvalue weighted by atomic mass is 16.2. The molecule has 0 spiro atoms. The summed E-state index contributed by atoms with van der Waals surface area (Å²) in [4.78, 5) is 34.6. The average Bonchev–Trinajstić information content (AvgIpc) is 3.75. The number of amides is 2. The number of aromatic nitrogens is 1. The fraction of sp³-hybridized carbons (Fsp3) is 0.0370. The quantitative estimate of drug-likeness (QED) is 0.125. The van der Waals surface area contributed by atoms with E-state index < -0.39 is 0 Å². The Labute approximate surface area is 347 Å². The Morgan fingerprint density at radius 2 is 1.12 bits per heavy atom. The number of hydrogen-bond donors (Lipinski definition) is 0. The summed E-state index contributed by atoms with van der Waals surface area (Å²) in [7, 11) is 0.